The fourth-order valence-corrected chi connectivity index (χ4v) is 3.83. The van der Waals surface area contributed by atoms with Gasteiger partial charge in [0.05, 0.1) is 12.1 Å². The lowest BCUT2D eigenvalue weighted by Gasteiger charge is -2.03. The van der Waals surface area contributed by atoms with E-state index in [1.165, 1.54) is 23.5 Å². The predicted molar refractivity (Wildman–Crippen MR) is 105 cm³/mol. The summed E-state index contributed by atoms with van der Waals surface area (Å²) in [6.07, 6.45) is 3.97. The van der Waals surface area contributed by atoms with Gasteiger partial charge in [0.25, 0.3) is 0 Å². The van der Waals surface area contributed by atoms with E-state index in [2.05, 4.69) is 26.8 Å². The molecule has 5 nitrogen and oxygen atoms in total. The second-order valence-electron chi connectivity index (χ2n) is 6.08. The van der Waals surface area contributed by atoms with Crippen molar-refractivity contribution in [3.63, 3.8) is 0 Å². The van der Waals surface area contributed by atoms with Gasteiger partial charge >= 0.3 is 0 Å². The molecule has 1 amide bonds. The van der Waals surface area contributed by atoms with Crippen LogP contribution in [0.15, 0.2) is 54.2 Å². The van der Waals surface area contributed by atoms with Crippen LogP contribution in [0.3, 0.4) is 0 Å². The number of aryl methyl sites for hydroxylation is 1. The quantitative estimate of drug-likeness (QED) is 0.555. The molecule has 3 heterocycles. The van der Waals surface area contributed by atoms with Gasteiger partial charge in [-0.1, -0.05) is 6.07 Å². The van der Waals surface area contributed by atoms with Gasteiger partial charge in [-0.05, 0) is 37.3 Å². The zero-order valence-electron chi connectivity index (χ0n) is 14.6. The van der Waals surface area contributed by atoms with Crippen molar-refractivity contribution in [3.8, 4) is 10.6 Å². The molecule has 1 aromatic carbocycles. The average Bonchev–Trinajstić information content (AvgIpc) is 3.25. The first-order valence-corrected chi connectivity index (χ1v) is 9.46. The van der Waals surface area contributed by atoms with Gasteiger partial charge in [0.1, 0.15) is 16.5 Å². The number of amides is 1. The molecular weight excluding hydrogens is 363 g/mol. The molecule has 3 aromatic heterocycles. The number of aromatic nitrogens is 3. The number of halogens is 1. The SMILES string of the molecule is CCn1cc(-c2nc(CC(=O)Nc3cccc(F)c3)cs2)c2cccnc21. The Bertz CT molecular complexity index is 1120. The summed E-state index contributed by atoms with van der Waals surface area (Å²) in [4.78, 5) is 21.3. The first-order valence-electron chi connectivity index (χ1n) is 8.58. The molecule has 136 valence electrons. The number of benzene rings is 1. The molecule has 0 saturated heterocycles. The maximum Gasteiger partial charge on any atom is 0.230 e. The van der Waals surface area contributed by atoms with E-state index < -0.39 is 0 Å². The van der Waals surface area contributed by atoms with Crippen LogP contribution in [-0.2, 0) is 17.8 Å². The van der Waals surface area contributed by atoms with E-state index in [0.29, 0.717) is 11.4 Å². The number of hydrogen-bond acceptors (Lipinski definition) is 4. The van der Waals surface area contributed by atoms with Crippen molar-refractivity contribution in [2.75, 3.05) is 5.32 Å². The molecule has 0 spiro atoms. The van der Waals surface area contributed by atoms with Gasteiger partial charge in [0.15, 0.2) is 0 Å². The number of anilines is 1. The topological polar surface area (TPSA) is 59.8 Å². The van der Waals surface area contributed by atoms with Crippen LogP contribution in [-0.4, -0.2) is 20.4 Å². The summed E-state index contributed by atoms with van der Waals surface area (Å²) in [7, 11) is 0. The predicted octanol–water partition coefficient (Wildman–Crippen LogP) is 4.50. The second kappa shape index (κ2) is 7.28. The molecule has 1 N–H and O–H groups in total. The lowest BCUT2D eigenvalue weighted by Crippen LogP contribution is -2.14. The zero-order valence-corrected chi connectivity index (χ0v) is 15.5. The van der Waals surface area contributed by atoms with E-state index in [9.17, 15) is 9.18 Å². The number of pyridine rings is 1. The lowest BCUT2D eigenvalue weighted by atomic mass is 10.2. The van der Waals surface area contributed by atoms with Gasteiger partial charge in [-0.25, -0.2) is 14.4 Å². The van der Waals surface area contributed by atoms with Gasteiger partial charge in [0, 0.05) is 41.0 Å². The van der Waals surface area contributed by atoms with Crippen molar-refractivity contribution in [1.82, 2.24) is 14.5 Å². The molecule has 4 aromatic rings. The zero-order chi connectivity index (χ0) is 18.8. The third kappa shape index (κ3) is 3.59. The van der Waals surface area contributed by atoms with Gasteiger partial charge < -0.3 is 9.88 Å². The number of rotatable bonds is 5. The van der Waals surface area contributed by atoms with E-state index in [4.69, 9.17) is 0 Å². The molecule has 7 heteroatoms. The van der Waals surface area contributed by atoms with Gasteiger partial charge in [-0.2, -0.15) is 0 Å². The van der Waals surface area contributed by atoms with E-state index in [1.807, 2.05) is 23.7 Å². The molecular formula is C20H17FN4OS. The molecule has 0 fully saturated rings. The number of nitrogens with one attached hydrogen (secondary N) is 1. The summed E-state index contributed by atoms with van der Waals surface area (Å²) < 4.78 is 15.3. The minimum atomic E-state index is -0.385. The van der Waals surface area contributed by atoms with Crippen molar-refractivity contribution in [2.24, 2.45) is 0 Å². The maximum absolute atomic E-state index is 13.2. The van der Waals surface area contributed by atoms with Crippen LogP contribution in [0.5, 0.6) is 0 Å². The minimum Gasteiger partial charge on any atom is -0.332 e. The number of fused-ring (bicyclic) bond motifs is 1. The Morgan fingerprint density at radius 2 is 2.19 bits per heavy atom. The summed E-state index contributed by atoms with van der Waals surface area (Å²) in [5.41, 5.74) is 3.06. The number of nitrogens with zero attached hydrogens (tertiary/aromatic N) is 3. The summed E-state index contributed by atoms with van der Waals surface area (Å²) in [6, 6.07) is 9.78. The highest BCUT2D eigenvalue weighted by Gasteiger charge is 2.15. The Morgan fingerprint density at radius 3 is 3.00 bits per heavy atom. The molecule has 4 rings (SSSR count). The van der Waals surface area contributed by atoms with E-state index >= 15 is 0 Å². The van der Waals surface area contributed by atoms with Crippen molar-refractivity contribution >= 4 is 34.0 Å². The average molecular weight is 380 g/mol. The molecule has 0 aliphatic rings. The van der Waals surface area contributed by atoms with E-state index in [-0.39, 0.29) is 18.1 Å². The van der Waals surface area contributed by atoms with Crippen LogP contribution in [0.4, 0.5) is 10.1 Å². The Hall–Kier alpha value is -3.06. The largest absolute Gasteiger partial charge is 0.332 e. The first kappa shape index (κ1) is 17.4. The van der Waals surface area contributed by atoms with Gasteiger partial charge in [-0.3, -0.25) is 4.79 Å². The standard InChI is InChI=1S/C20H17FN4OS/c1-2-25-11-17(16-7-4-8-22-19(16)25)20-24-15(12-27-20)10-18(26)23-14-6-3-5-13(21)9-14/h3-9,11-12H,2,10H2,1H3,(H,23,26). The summed E-state index contributed by atoms with van der Waals surface area (Å²) in [5, 5.41) is 6.48. The maximum atomic E-state index is 13.2. The fourth-order valence-electron chi connectivity index (χ4n) is 2.98. The number of carbonyl (C=O) groups excluding carboxylic acids is 1. The van der Waals surface area contributed by atoms with Crippen LogP contribution in [0, 0.1) is 5.82 Å². The van der Waals surface area contributed by atoms with Crippen LogP contribution in [0.1, 0.15) is 12.6 Å². The Balaban J connectivity index is 1.55. The Labute approximate surface area is 159 Å². The summed E-state index contributed by atoms with van der Waals surface area (Å²) >= 11 is 1.50. The molecule has 0 aliphatic carbocycles. The van der Waals surface area contributed by atoms with Crippen LogP contribution < -0.4 is 5.32 Å². The minimum absolute atomic E-state index is 0.137. The van der Waals surface area contributed by atoms with Crippen molar-refractivity contribution in [1.29, 1.82) is 0 Å². The van der Waals surface area contributed by atoms with E-state index in [0.717, 1.165) is 28.1 Å². The highest BCUT2D eigenvalue weighted by molar-refractivity contribution is 7.13. The van der Waals surface area contributed by atoms with Crippen LogP contribution in [0.25, 0.3) is 21.6 Å². The molecule has 0 bridgehead atoms. The molecule has 0 aliphatic heterocycles. The smallest absolute Gasteiger partial charge is 0.230 e. The Morgan fingerprint density at radius 1 is 1.30 bits per heavy atom. The normalized spacial score (nSPS) is 11.0. The summed E-state index contributed by atoms with van der Waals surface area (Å²) in [5.74, 6) is -0.611. The number of carbonyl (C=O) groups is 1. The van der Waals surface area contributed by atoms with Gasteiger partial charge in [-0.15, -0.1) is 11.3 Å². The monoisotopic (exact) mass is 380 g/mol. The third-order valence-electron chi connectivity index (χ3n) is 4.21. The molecule has 0 unspecified atom stereocenters. The third-order valence-corrected chi connectivity index (χ3v) is 5.13. The highest BCUT2D eigenvalue weighted by Crippen LogP contribution is 2.32. The van der Waals surface area contributed by atoms with Gasteiger partial charge in [0.2, 0.25) is 5.91 Å². The van der Waals surface area contributed by atoms with E-state index in [1.54, 1.807) is 18.3 Å². The second-order valence-corrected chi connectivity index (χ2v) is 6.94. The number of hydrogen-bond donors (Lipinski definition) is 1. The molecule has 0 radical (unpaired) electrons. The van der Waals surface area contributed by atoms with Crippen molar-refractivity contribution in [3.05, 3.63) is 65.7 Å². The highest BCUT2D eigenvalue weighted by atomic mass is 32.1. The lowest BCUT2D eigenvalue weighted by molar-refractivity contribution is -0.115. The molecule has 0 saturated carbocycles. The van der Waals surface area contributed by atoms with Crippen LogP contribution in [0.2, 0.25) is 0 Å². The molecule has 0 atom stereocenters. The first-order chi connectivity index (χ1) is 13.1. The summed E-state index contributed by atoms with van der Waals surface area (Å²) in [6.45, 7) is 2.89. The molecule has 27 heavy (non-hydrogen) atoms. The van der Waals surface area contributed by atoms with Crippen molar-refractivity contribution in [2.45, 2.75) is 19.9 Å². The number of thiazole rings is 1. The Kier molecular flexibility index (Phi) is 4.68. The van der Waals surface area contributed by atoms with Crippen LogP contribution >= 0.6 is 11.3 Å². The van der Waals surface area contributed by atoms with Crippen molar-refractivity contribution < 1.29 is 9.18 Å². The fraction of sp³-hybridized carbons (Fsp3) is 0.150.